The second-order valence-electron chi connectivity index (χ2n) is 7.57. The van der Waals surface area contributed by atoms with E-state index in [1.165, 1.54) is 14.5 Å². The minimum absolute atomic E-state index is 0.253. The summed E-state index contributed by atoms with van der Waals surface area (Å²) in [6.45, 7) is 7.93. The van der Waals surface area contributed by atoms with Gasteiger partial charge in [0.05, 0.1) is 5.56 Å². The van der Waals surface area contributed by atoms with E-state index in [1.807, 2.05) is 0 Å². The second kappa shape index (κ2) is 6.66. The van der Waals surface area contributed by atoms with Gasteiger partial charge in [0, 0.05) is 30.4 Å². The summed E-state index contributed by atoms with van der Waals surface area (Å²) < 4.78 is 34.6. The summed E-state index contributed by atoms with van der Waals surface area (Å²) in [5.74, 6) is -0.541. The van der Waals surface area contributed by atoms with E-state index in [1.54, 1.807) is 39.8 Å². The molecule has 0 unspecified atom stereocenters. The molecule has 0 bridgehead atoms. The first-order valence-electron chi connectivity index (χ1n) is 8.83. The molecule has 0 spiro atoms. The molecule has 26 heavy (non-hydrogen) atoms. The van der Waals surface area contributed by atoms with Gasteiger partial charge in [0.25, 0.3) is 0 Å². The van der Waals surface area contributed by atoms with Crippen LogP contribution in [0.25, 0.3) is 11.0 Å². The lowest BCUT2D eigenvalue weighted by molar-refractivity contribution is 0.00710. The minimum atomic E-state index is -3.80. The molecule has 0 saturated carbocycles. The van der Waals surface area contributed by atoms with Crippen molar-refractivity contribution in [3.05, 3.63) is 29.6 Å². The molecule has 2 aromatic heterocycles. The van der Waals surface area contributed by atoms with Crippen LogP contribution < -0.4 is 0 Å². The van der Waals surface area contributed by atoms with E-state index in [9.17, 15) is 13.2 Å². The zero-order valence-electron chi connectivity index (χ0n) is 15.7. The van der Waals surface area contributed by atoms with Crippen molar-refractivity contribution in [1.29, 1.82) is 0 Å². The number of nitrogens with zero attached hydrogens (tertiary/aromatic N) is 3. The molecule has 1 aliphatic rings. The van der Waals surface area contributed by atoms with Crippen LogP contribution in [0.4, 0.5) is 0 Å². The van der Waals surface area contributed by atoms with Crippen LogP contribution in [-0.4, -0.2) is 46.3 Å². The molecule has 7 nitrogen and oxygen atoms in total. The highest BCUT2D eigenvalue weighted by Gasteiger charge is 2.33. The van der Waals surface area contributed by atoms with Crippen LogP contribution in [0, 0.1) is 6.92 Å². The fraction of sp³-hybridized carbons (Fsp3) is 0.556. The molecule has 0 aromatic carbocycles. The zero-order valence-corrected chi connectivity index (χ0v) is 16.5. The second-order valence-corrected chi connectivity index (χ2v) is 9.35. The molecule has 0 atom stereocenters. The Hall–Kier alpha value is -1.93. The van der Waals surface area contributed by atoms with Gasteiger partial charge in [-0.05, 0) is 52.7 Å². The van der Waals surface area contributed by atoms with E-state index in [0.717, 1.165) is 19.3 Å². The maximum atomic E-state index is 13.2. The Kier molecular flexibility index (Phi) is 4.83. The number of rotatable bonds is 3. The van der Waals surface area contributed by atoms with Crippen LogP contribution in [0.3, 0.4) is 0 Å². The van der Waals surface area contributed by atoms with E-state index in [2.05, 4.69) is 4.98 Å². The van der Waals surface area contributed by atoms with Gasteiger partial charge < -0.3 is 4.74 Å². The first-order valence-corrected chi connectivity index (χ1v) is 10.2. The molecule has 0 radical (unpaired) electrons. The number of ether oxygens (including phenoxy) is 1. The monoisotopic (exact) mass is 379 g/mol. The quantitative estimate of drug-likeness (QED) is 0.766. The van der Waals surface area contributed by atoms with Crippen molar-refractivity contribution in [2.45, 2.75) is 52.6 Å². The minimum Gasteiger partial charge on any atom is -0.456 e. The number of aromatic nitrogens is 2. The van der Waals surface area contributed by atoms with Crippen molar-refractivity contribution in [2.24, 2.45) is 0 Å². The molecule has 0 N–H and O–H groups in total. The number of carbonyl (C=O) groups excluding carboxylic acids is 1. The van der Waals surface area contributed by atoms with Gasteiger partial charge in [-0.3, -0.25) is 0 Å². The first kappa shape index (κ1) is 18.8. The molecule has 1 fully saturated rings. The number of hydrogen-bond donors (Lipinski definition) is 0. The third kappa shape index (κ3) is 3.35. The Balaban J connectivity index is 2.18. The zero-order chi connectivity index (χ0) is 19.1. The summed E-state index contributed by atoms with van der Waals surface area (Å²) >= 11 is 0. The molecule has 8 heteroatoms. The Labute approximate surface area is 154 Å². The molecular weight excluding hydrogens is 354 g/mol. The van der Waals surface area contributed by atoms with Crippen LogP contribution >= 0.6 is 0 Å². The summed E-state index contributed by atoms with van der Waals surface area (Å²) in [5.41, 5.74) is 0.171. The van der Waals surface area contributed by atoms with E-state index in [-0.39, 0.29) is 11.2 Å². The summed E-state index contributed by atoms with van der Waals surface area (Å²) in [7, 11) is -3.80. The Morgan fingerprint density at radius 1 is 1.19 bits per heavy atom. The van der Waals surface area contributed by atoms with Crippen molar-refractivity contribution in [3.63, 3.8) is 0 Å². The van der Waals surface area contributed by atoms with Gasteiger partial charge in [0.1, 0.15) is 5.60 Å². The van der Waals surface area contributed by atoms with Crippen LogP contribution in [0.15, 0.2) is 18.3 Å². The first-order chi connectivity index (χ1) is 12.1. The number of pyridine rings is 1. The lowest BCUT2D eigenvalue weighted by Gasteiger charge is -2.26. The van der Waals surface area contributed by atoms with Crippen molar-refractivity contribution in [3.8, 4) is 0 Å². The highest BCUT2D eigenvalue weighted by Crippen LogP contribution is 2.29. The van der Waals surface area contributed by atoms with E-state index in [4.69, 9.17) is 4.74 Å². The number of carbonyl (C=O) groups is 1. The summed E-state index contributed by atoms with van der Waals surface area (Å²) in [6.07, 6.45) is 4.23. The normalized spacial score (nSPS) is 16.8. The van der Waals surface area contributed by atoms with Gasteiger partial charge >= 0.3 is 16.2 Å². The number of fused-ring (bicyclic) bond motifs is 1. The lowest BCUT2D eigenvalue weighted by Crippen LogP contribution is -2.39. The molecule has 3 rings (SSSR count). The fourth-order valence-corrected chi connectivity index (χ4v) is 5.04. The number of hydrogen-bond acceptors (Lipinski definition) is 5. The smallest absolute Gasteiger partial charge is 0.341 e. The average molecular weight is 379 g/mol. The van der Waals surface area contributed by atoms with Gasteiger partial charge in [0.15, 0.2) is 5.65 Å². The summed E-state index contributed by atoms with van der Waals surface area (Å²) in [6, 6.07) is 3.39. The van der Waals surface area contributed by atoms with Crippen LogP contribution in [0.2, 0.25) is 0 Å². The Morgan fingerprint density at radius 3 is 2.46 bits per heavy atom. The van der Waals surface area contributed by atoms with E-state index < -0.39 is 21.8 Å². The highest BCUT2D eigenvalue weighted by molar-refractivity contribution is 7.87. The van der Waals surface area contributed by atoms with Gasteiger partial charge in [-0.25, -0.2) is 13.8 Å². The molecule has 0 aliphatic carbocycles. The number of piperidine rings is 1. The van der Waals surface area contributed by atoms with Gasteiger partial charge in [-0.2, -0.15) is 12.7 Å². The van der Waals surface area contributed by atoms with Gasteiger partial charge in [0.2, 0.25) is 0 Å². The standard InChI is InChI=1S/C18H25N3O4S/c1-13-15(17(22)25-18(2,3)4)14-9-8-10-19-16(14)21(13)26(23,24)20-11-6-5-7-12-20/h8-10H,5-7,11-12H2,1-4H3. The topological polar surface area (TPSA) is 81.5 Å². The largest absolute Gasteiger partial charge is 0.456 e. The highest BCUT2D eigenvalue weighted by atomic mass is 32.2. The maximum Gasteiger partial charge on any atom is 0.341 e. The van der Waals surface area contributed by atoms with Crippen molar-refractivity contribution < 1.29 is 17.9 Å². The molecule has 3 heterocycles. The Morgan fingerprint density at radius 2 is 1.85 bits per heavy atom. The van der Waals surface area contributed by atoms with E-state index in [0.29, 0.717) is 24.2 Å². The van der Waals surface area contributed by atoms with Crippen molar-refractivity contribution >= 4 is 27.2 Å². The van der Waals surface area contributed by atoms with Crippen LogP contribution in [-0.2, 0) is 14.9 Å². The van der Waals surface area contributed by atoms with Crippen molar-refractivity contribution in [1.82, 2.24) is 13.3 Å². The predicted octanol–water partition coefficient (Wildman–Crippen LogP) is 2.88. The number of esters is 1. The molecule has 0 amide bonds. The fourth-order valence-electron chi connectivity index (χ4n) is 3.29. The van der Waals surface area contributed by atoms with Gasteiger partial charge in [-0.1, -0.05) is 6.42 Å². The summed E-state index contributed by atoms with van der Waals surface area (Å²) in [4.78, 5) is 17.0. The lowest BCUT2D eigenvalue weighted by atomic mass is 10.1. The average Bonchev–Trinajstić information content (AvgIpc) is 2.86. The van der Waals surface area contributed by atoms with Gasteiger partial charge in [-0.15, -0.1) is 0 Å². The predicted molar refractivity (Wildman–Crippen MR) is 99.4 cm³/mol. The third-order valence-electron chi connectivity index (χ3n) is 4.39. The summed E-state index contributed by atoms with van der Waals surface area (Å²) in [5, 5.41) is 0.486. The van der Waals surface area contributed by atoms with E-state index >= 15 is 0 Å². The van der Waals surface area contributed by atoms with Crippen LogP contribution in [0.1, 0.15) is 56.1 Å². The molecule has 142 valence electrons. The van der Waals surface area contributed by atoms with Crippen molar-refractivity contribution in [2.75, 3.05) is 13.1 Å². The molecule has 1 aliphatic heterocycles. The Bertz CT molecular complexity index is 935. The SMILES string of the molecule is Cc1c(C(=O)OC(C)(C)C)c2cccnc2n1S(=O)(=O)N1CCCCC1. The maximum absolute atomic E-state index is 13.2. The molecule has 2 aromatic rings. The van der Waals surface area contributed by atoms with Crippen LogP contribution in [0.5, 0.6) is 0 Å². The molecule has 1 saturated heterocycles. The molecular formula is C18H25N3O4S. The third-order valence-corrected chi connectivity index (χ3v) is 6.32.